The Hall–Kier alpha value is -1.72. The van der Waals surface area contributed by atoms with Crippen LogP contribution in [-0.4, -0.2) is 35.8 Å². The smallest absolute Gasteiger partial charge is 0.423 e. The van der Waals surface area contributed by atoms with Crippen molar-refractivity contribution in [3.63, 3.8) is 0 Å². The first kappa shape index (κ1) is 17.3. The summed E-state index contributed by atoms with van der Waals surface area (Å²) < 4.78 is 64.7. The average molecular weight is 312 g/mol. The van der Waals surface area contributed by atoms with E-state index < -0.39 is 48.4 Å². The third-order valence-corrected chi connectivity index (χ3v) is 2.50. The normalized spacial score (nSPS) is 12.2. The molecule has 0 aliphatic rings. The SMILES string of the molecule is NCC(=O)Nc1cccc(B(O)O)c1C(F)(F)C(F)(F)F. The summed E-state index contributed by atoms with van der Waals surface area (Å²) in [5.41, 5.74) is 1.22. The maximum absolute atomic E-state index is 13.6. The molecule has 0 spiro atoms. The van der Waals surface area contributed by atoms with Crippen LogP contribution in [0, 0.1) is 0 Å². The molecule has 116 valence electrons. The number of nitrogens with two attached hydrogens (primary N) is 1. The molecular formula is C10H10BF5N2O3. The predicted octanol–water partition coefficient (Wildman–Crippen LogP) is -0.0823. The third kappa shape index (κ3) is 3.49. The Balaban J connectivity index is 3.54. The van der Waals surface area contributed by atoms with E-state index in [-0.39, 0.29) is 0 Å². The van der Waals surface area contributed by atoms with Crippen molar-refractivity contribution in [3.05, 3.63) is 23.8 Å². The molecule has 0 fully saturated rings. The van der Waals surface area contributed by atoms with Crippen LogP contribution in [0.2, 0.25) is 0 Å². The van der Waals surface area contributed by atoms with Crippen molar-refractivity contribution in [3.8, 4) is 0 Å². The van der Waals surface area contributed by atoms with Crippen LogP contribution in [0.1, 0.15) is 5.56 Å². The molecular weight excluding hydrogens is 302 g/mol. The summed E-state index contributed by atoms with van der Waals surface area (Å²) in [4.78, 5) is 11.1. The summed E-state index contributed by atoms with van der Waals surface area (Å²) in [6.07, 6.45) is -5.99. The molecule has 1 rings (SSSR count). The molecule has 0 atom stereocenters. The number of carbonyl (C=O) groups excluding carboxylic acids is 1. The van der Waals surface area contributed by atoms with Crippen molar-refractivity contribution >= 4 is 24.2 Å². The molecule has 1 aromatic rings. The van der Waals surface area contributed by atoms with Crippen LogP contribution in [0.5, 0.6) is 0 Å². The zero-order valence-electron chi connectivity index (χ0n) is 10.3. The van der Waals surface area contributed by atoms with Gasteiger partial charge in [-0.25, -0.2) is 0 Å². The van der Waals surface area contributed by atoms with Gasteiger partial charge in [0.15, 0.2) is 0 Å². The molecule has 5 nitrogen and oxygen atoms in total. The summed E-state index contributed by atoms with van der Waals surface area (Å²) in [5.74, 6) is -6.41. The molecule has 0 saturated carbocycles. The van der Waals surface area contributed by atoms with E-state index in [2.05, 4.69) is 0 Å². The van der Waals surface area contributed by atoms with Crippen molar-refractivity contribution in [2.45, 2.75) is 12.1 Å². The van der Waals surface area contributed by atoms with Crippen LogP contribution in [0.25, 0.3) is 0 Å². The minimum atomic E-state index is -5.99. The predicted molar refractivity (Wildman–Crippen MR) is 63.9 cm³/mol. The molecule has 0 bridgehead atoms. The molecule has 5 N–H and O–H groups in total. The second-order valence-corrected chi connectivity index (χ2v) is 3.97. The highest BCUT2D eigenvalue weighted by atomic mass is 19.4. The lowest BCUT2D eigenvalue weighted by Gasteiger charge is -2.25. The van der Waals surface area contributed by atoms with E-state index in [0.29, 0.717) is 6.07 Å². The number of anilines is 1. The van der Waals surface area contributed by atoms with E-state index in [4.69, 9.17) is 15.8 Å². The maximum Gasteiger partial charge on any atom is 0.489 e. The quantitative estimate of drug-likeness (QED) is 0.462. The van der Waals surface area contributed by atoms with Crippen molar-refractivity contribution in [1.29, 1.82) is 0 Å². The monoisotopic (exact) mass is 312 g/mol. The van der Waals surface area contributed by atoms with Gasteiger partial charge in [0, 0.05) is 5.69 Å². The summed E-state index contributed by atoms with van der Waals surface area (Å²) in [7, 11) is -2.58. The molecule has 11 heteroatoms. The fourth-order valence-electron chi connectivity index (χ4n) is 1.58. The molecule has 21 heavy (non-hydrogen) atoms. The van der Waals surface area contributed by atoms with Crippen molar-refractivity contribution in [2.75, 3.05) is 11.9 Å². The minimum absolute atomic E-state index is 0.650. The second kappa shape index (κ2) is 5.96. The van der Waals surface area contributed by atoms with Gasteiger partial charge in [0.2, 0.25) is 5.91 Å². The van der Waals surface area contributed by atoms with Crippen molar-refractivity contribution in [2.24, 2.45) is 5.73 Å². The number of nitrogens with one attached hydrogen (secondary N) is 1. The summed E-state index contributed by atoms with van der Waals surface area (Å²) in [5, 5.41) is 19.7. The van der Waals surface area contributed by atoms with Gasteiger partial charge in [0.1, 0.15) is 0 Å². The molecule has 0 aliphatic carbocycles. The Labute approximate surface area is 115 Å². The van der Waals surface area contributed by atoms with Gasteiger partial charge in [0.25, 0.3) is 0 Å². The highest BCUT2D eigenvalue weighted by molar-refractivity contribution is 6.59. The molecule has 0 aliphatic heterocycles. The zero-order valence-corrected chi connectivity index (χ0v) is 10.3. The van der Waals surface area contributed by atoms with Crippen LogP contribution in [0.15, 0.2) is 18.2 Å². The van der Waals surface area contributed by atoms with E-state index in [0.717, 1.165) is 12.1 Å². The molecule has 1 amide bonds. The van der Waals surface area contributed by atoms with Gasteiger partial charge in [-0.1, -0.05) is 12.1 Å². The van der Waals surface area contributed by atoms with Gasteiger partial charge < -0.3 is 21.1 Å². The first-order valence-corrected chi connectivity index (χ1v) is 5.46. The highest BCUT2D eigenvalue weighted by Crippen LogP contribution is 2.45. The second-order valence-electron chi connectivity index (χ2n) is 3.97. The first-order valence-electron chi connectivity index (χ1n) is 5.46. The fourth-order valence-corrected chi connectivity index (χ4v) is 1.58. The standard InChI is InChI=1S/C10H10BF5N2O3/c12-9(13,10(14,15)16)8-5(11(20)21)2-1-3-6(8)18-7(19)4-17/h1-3,20-21H,4,17H2,(H,18,19). The lowest BCUT2D eigenvalue weighted by molar-refractivity contribution is -0.288. The van der Waals surface area contributed by atoms with E-state index in [1.165, 1.54) is 0 Å². The molecule has 0 aromatic heterocycles. The van der Waals surface area contributed by atoms with Crippen LogP contribution >= 0.6 is 0 Å². The molecule has 0 heterocycles. The summed E-state index contributed by atoms with van der Waals surface area (Å²) in [6.45, 7) is -0.650. The number of benzene rings is 1. The Morgan fingerprint density at radius 2 is 1.81 bits per heavy atom. The topological polar surface area (TPSA) is 95.6 Å². The minimum Gasteiger partial charge on any atom is -0.423 e. The van der Waals surface area contributed by atoms with Crippen LogP contribution in [0.3, 0.4) is 0 Å². The fraction of sp³-hybridized carbons (Fsp3) is 0.300. The Morgan fingerprint density at radius 3 is 2.24 bits per heavy atom. The van der Waals surface area contributed by atoms with E-state index in [9.17, 15) is 26.7 Å². The van der Waals surface area contributed by atoms with Crippen LogP contribution in [0.4, 0.5) is 27.6 Å². The zero-order chi connectivity index (χ0) is 16.4. The largest absolute Gasteiger partial charge is 0.489 e. The maximum atomic E-state index is 13.6. The number of amides is 1. The number of rotatable bonds is 4. The van der Waals surface area contributed by atoms with E-state index in [1.807, 2.05) is 0 Å². The summed E-state index contributed by atoms with van der Waals surface area (Å²) in [6, 6.07) is 2.43. The van der Waals surface area contributed by atoms with Crippen molar-refractivity contribution < 1.29 is 36.8 Å². The van der Waals surface area contributed by atoms with Gasteiger partial charge in [-0.05, 0) is 11.5 Å². The highest BCUT2D eigenvalue weighted by Gasteiger charge is 2.61. The van der Waals surface area contributed by atoms with E-state index in [1.54, 1.807) is 5.32 Å². The van der Waals surface area contributed by atoms with Gasteiger partial charge in [-0.2, -0.15) is 22.0 Å². The Bertz CT molecular complexity index is 536. The van der Waals surface area contributed by atoms with Gasteiger partial charge in [-0.15, -0.1) is 0 Å². The molecule has 0 saturated heterocycles. The lowest BCUT2D eigenvalue weighted by Crippen LogP contribution is -2.44. The average Bonchev–Trinajstić information content (AvgIpc) is 2.36. The number of halogens is 5. The number of hydrogen-bond acceptors (Lipinski definition) is 4. The Kier molecular flexibility index (Phi) is 4.92. The van der Waals surface area contributed by atoms with Gasteiger partial charge in [-0.3, -0.25) is 4.79 Å². The van der Waals surface area contributed by atoms with Crippen LogP contribution < -0.4 is 16.5 Å². The van der Waals surface area contributed by atoms with Gasteiger partial charge in [0.05, 0.1) is 12.1 Å². The Morgan fingerprint density at radius 1 is 1.24 bits per heavy atom. The first-order chi connectivity index (χ1) is 9.52. The van der Waals surface area contributed by atoms with Crippen molar-refractivity contribution in [1.82, 2.24) is 0 Å². The number of carbonyl (C=O) groups is 1. The third-order valence-electron chi connectivity index (χ3n) is 2.50. The number of hydrogen-bond donors (Lipinski definition) is 4. The number of alkyl halides is 5. The molecule has 0 unspecified atom stereocenters. The lowest BCUT2D eigenvalue weighted by atomic mass is 9.74. The molecule has 0 radical (unpaired) electrons. The molecule has 1 aromatic carbocycles. The van der Waals surface area contributed by atoms with E-state index >= 15 is 0 Å². The van der Waals surface area contributed by atoms with Gasteiger partial charge >= 0.3 is 19.2 Å². The van der Waals surface area contributed by atoms with Crippen LogP contribution in [-0.2, 0) is 10.7 Å². The summed E-state index contributed by atoms with van der Waals surface area (Å²) >= 11 is 0.